The van der Waals surface area contributed by atoms with E-state index in [0.29, 0.717) is 12.1 Å². The summed E-state index contributed by atoms with van der Waals surface area (Å²) < 4.78 is 37.8. The molecule has 0 bridgehead atoms. The van der Waals surface area contributed by atoms with Gasteiger partial charge in [-0.05, 0) is 17.5 Å². The van der Waals surface area contributed by atoms with Crippen LogP contribution in [0.15, 0.2) is 18.2 Å². The lowest BCUT2D eigenvalue weighted by Crippen LogP contribution is -2.39. The maximum atomic E-state index is 12.6. The molecule has 0 spiro atoms. The van der Waals surface area contributed by atoms with Crippen molar-refractivity contribution in [3.63, 3.8) is 0 Å². The standard InChI is InChI=1S/C14H17F3N2O4/c1-13(2,3)11(20)7-18-12(21)9-5-4-8(14(15,16)17)6-10(9)19(22)23/h4-6,11,20H,7H2,1-3H3,(H,18,21). The number of amides is 1. The number of nitrogens with one attached hydrogen (secondary N) is 1. The summed E-state index contributed by atoms with van der Waals surface area (Å²) in [5, 5.41) is 23.0. The van der Waals surface area contributed by atoms with E-state index in [4.69, 9.17) is 0 Å². The fraction of sp³-hybridized carbons (Fsp3) is 0.500. The number of nitro groups is 1. The minimum Gasteiger partial charge on any atom is -0.391 e. The van der Waals surface area contributed by atoms with Gasteiger partial charge in [0.1, 0.15) is 5.56 Å². The lowest BCUT2D eigenvalue weighted by atomic mass is 9.89. The topological polar surface area (TPSA) is 92.5 Å². The van der Waals surface area contributed by atoms with E-state index in [0.717, 1.165) is 6.07 Å². The Morgan fingerprint density at radius 1 is 1.35 bits per heavy atom. The van der Waals surface area contributed by atoms with Gasteiger partial charge in [0.2, 0.25) is 0 Å². The highest BCUT2D eigenvalue weighted by Crippen LogP contribution is 2.33. The number of carbonyl (C=O) groups excluding carboxylic acids is 1. The smallest absolute Gasteiger partial charge is 0.391 e. The average molecular weight is 334 g/mol. The van der Waals surface area contributed by atoms with E-state index in [1.165, 1.54) is 0 Å². The van der Waals surface area contributed by atoms with E-state index < -0.39 is 45.3 Å². The van der Waals surface area contributed by atoms with Crippen molar-refractivity contribution in [1.29, 1.82) is 0 Å². The largest absolute Gasteiger partial charge is 0.416 e. The van der Waals surface area contributed by atoms with Gasteiger partial charge in [0, 0.05) is 12.6 Å². The van der Waals surface area contributed by atoms with Gasteiger partial charge in [-0.1, -0.05) is 20.8 Å². The number of benzene rings is 1. The van der Waals surface area contributed by atoms with Crippen LogP contribution >= 0.6 is 0 Å². The van der Waals surface area contributed by atoms with Crippen molar-refractivity contribution < 1.29 is 28.0 Å². The molecule has 0 aliphatic rings. The second kappa shape index (κ2) is 6.53. The summed E-state index contributed by atoms with van der Waals surface area (Å²) in [4.78, 5) is 21.8. The number of rotatable bonds is 4. The molecule has 0 saturated heterocycles. The molecule has 6 nitrogen and oxygen atoms in total. The zero-order chi connectivity index (χ0) is 18.0. The van der Waals surface area contributed by atoms with Gasteiger partial charge in [-0.2, -0.15) is 13.2 Å². The third-order valence-corrected chi connectivity index (χ3v) is 3.22. The lowest BCUT2D eigenvalue weighted by Gasteiger charge is -2.25. The summed E-state index contributed by atoms with van der Waals surface area (Å²) in [5.41, 5.74) is -3.18. The van der Waals surface area contributed by atoms with Crippen LogP contribution in [0.2, 0.25) is 0 Å². The summed E-state index contributed by atoms with van der Waals surface area (Å²) >= 11 is 0. The Balaban J connectivity index is 3.03. The quantitative estimate of drug-likeness (QED) is 0.654. The number of alkyl halides is 3. The average Bonchev–Trinajstić information content (AvgIpc) is 2.41. The molecule has 2 N–H and O–H groups in total. The number of halogens is 3. The Hall–Kier alpha value is -2.16. The van der Waals surface area contributed by atoms with Crippen LogP contribution in [-0.2, 0) is 6.18 Å². The van der Waals surface area contributed by atoms with Crippen LogP contribution < -0.4 is 5.32 Å². The zero-order valence-electron chi connectivity index (χ0n) is 12.8. The maximum Gasteiger partial charge on any atom is 0.416 e. The summed E-state index contributed by atoms with van der Waals surface area (Å²) in [6.45, 7) is 5.00. The minimum atomic E-state index is -4.75. The molecular formula is C14H17F3N2O4. The molecule has 0 saturated carbocycles. The first-order valence-corrected chi connectivity index (χ1v) is 6.66. The second-order valence-corrected chi connectivity index (χ2v) is 6.08. The van der Waals surface area contributed by atoms with Crippen LogP contribution in [-0.4, -0.2) is 28.6 Å². The normalized spacial score (nSPS) is 13.5. The van der Waals surface area contributed by atoms with Gasteiger partial charge < -0.3 is 10.4 Å². The van der Waals surface area contributed by atoms with Gasteiger partial charge in [0.05, 0.1) is 16.6 Å². The third-order valence-electron chi connectivity index (χ3n) is 3.22. The predicted octanol–water partition coefficient (Wildman–Crippen LogP) is 2.75. The molecule has 1 rings (SSSR count). The summed E-state index contributed by atoms with van der Waals surface area (Å²) in [5.74, 6) is -0.922. The lowest BCUT2D eigenvalue weighted by molar-refractivity contribution is -0.385. The molecule has 128 valence electrons. The fourth-order valence-corrected chi connectivity index (χ4v) is 1.64. The Morgan fingerprint density at radius 2 is 1.91 bits per heavy atom. The summed E-state index contributed by atoms with van der Waals surface area (Å²) in [7, 11) is 0. The van der Waals surface area contributed by atoms with Crippen LogP contribution in [0.25, 0.3) is 0 Å². The van der Waals surface area contributed by atoms with E-state index in [1.807, 2.05) is 0 Å². The molecule has 1 atom stereocenters. The molecule has 0 aromatic heterocycles. The zero-order valence-corrected chi connectivity index (χ0v) is 12.8. The third kappa shape index (κ3) is 4.92. The van der Waals surface area contributed by atoms with E-state index in [1.54, 1.807) is 20.8 Å². The SMILES string of the molecule is CC(C)(C)C(O)CNC(=O)c1ccc(C(F)(F)F)cc1[N+](=O)[O-]. The number of nitrogens with zero attached hydrogens (tertiary/aromatic N) is 1. The van der Waals surface area contributed by atoms with E-state index in [2.05, 4.69) is 5.32 Å². The number of hydrogen-bond donors (Lipinski definition) is 2. The van der Waals surface area contributed by atoms with Crippen molar-refractivity contribution in [3.05, 3.63) is 39.4 Å². The predicted molar refractivity (Wildman–Crippen MR) is 75.9 cm³/mol. The number of hydrogen-bond acceptors (Lipinski definition) is 4. The highest BCUT2D eigenvalue weighted by molar-refractivity contribution is 5.98. The van der Waals surface area contributed by atoms with Crippen molar-refractivity contribution in [2.24, 2.45) is 5.41 Å². The van der Waals surface area contributed by atoms with Crippen molar-refractivity contribution in [3.8, 4) is 0 Å². The molecule has 0 heterocycles. The van der Waals surface area contributed by atoms with Gasteiger partial charge in [-0.25, -0.2) is 0 Å². The van der Waals surface area contributed by atoms with Crippen molar-refractivity contribution in [2.75, 3.05) is 6.54 Å². The van der Waals surface area contributed by atoms with Gasteiger partial charge >= 0.3 is 6.18 Å². The molecule has 1 aromatic rings. The van der Waals surface area contributed by atoms with Crippen LogP contribution in [0, 0.1) is 15.5 Å². The summed E-state index contributed by atoms with van der Waals surface area (Å²) in [6, 6.07) is 1.66. The summed E-state index contributed by atoms with van der Waals surface area (Å²) in [6.07, 6.45) is -5.66. The van der Waals surface area contributed by atoms with Gasteiger partial charge in [0.25, 0.3) is 11.6 Å². The monoisotopic (exact) mass is 334 g/mol. The molecule has 1 aromatic carbocycles. The minimum absolute atomic E-state index is 0.180. The van der Waals surface area contributed by atoms with Crippen LogP contribution in [0.3, 0.4) is 0 Å². The fourth-order valence-electron chi connectivity index (χ4n) is 1.64. The first-order chi connectivity index (χ1) is 10.3. The molecule has 1 unspecified atom stereocenters. The molecule has 0 fully saturated rings. The molecule has 0 aliphatic carbocycles. The molecule has 9 heteroatoms. The van der Waals surface area contributed by atoms with Crippen molar-refractivity contribution >= 4 is 11.6 Å². The highest BCUT2D eigenvalue weighted by atomic mass is 19.4. The molecule has 0 radical (unpaired) electrons. The van der Waals surface area contributed by atoms with Crippen LogP contribution in [0.5, 0.6) is 0 Å². The Morgan fingerprint density at radius 3 is 2.35 bits per heavy atom. The van der Waals surface area contributed by atoms with Gasteiger partial charge in [0.15, 0.2) is 0 Å². The van der Waals surface area contributed by atoms with E-state index in [-0.39, 0.29) is 6.54 Å². The molecule has 0 aliphatic heterocycles. The second-order valence-electron chi connectivity index (χ2n) is 6.08. The van der Waals surface area contributed by atoms with Crippen LogP contribution in [0.4, 0.5) is 18.9 Å². The van der Waals surface area contributed by atoms with Gasteiger partial charge in [-0.3, -0.25) is 14.9 Å². The maximum absolute atomic E-state index is 12.6. The Kier molecular flexibility index (Phi) is 5.36. The van der Waals surface area contributed by atoms with Crippen molar-refractivity contribution in [2.45, 2.75) is 33.1 Å². The first-order valence-electron chi connectivity index (χ1n) is 6.66. The number of aliphatic hydroxyl groups is 1. The molecule has 1 amide bonds. The number of aliphatic hydroxyl groups excluding tert-OH is 1. The van der Waals surface area contributed by atoms with Crippen molar-refractivity contribution in [1.82, 2.24) is 5.32 Å². The Labute approximate surface area is 130 Å². The van der Waals surface area contributed by atoms with E-state index in [9.17, 15) is 33.2 Å². The van der Waals surface area contributed by atoms with Gasteiger partial charge in [-0.15, -0.1) is 0 Å². The number of carbonyl (C=O) groups is 1. The van der Waals surface area contributed by atoms with Crippen LogP contribution in [0.1, 0.15) is 36.7 Å². The van der Waals surface area contributed by atoms with E-state index >= 15 is 0 Å². The first kappa shape index (κ1) is 18.9. The molecule has 23 heavy (non-hydrogen) atoms. The highest BCUT2D eigenvalue weighted by Gasteiger charge is 2.34. The number of nitro benzene ring substituents is 1. The Bertz CT molecular complexity index is 609. The molecular weight excluding hydrogens is 317 g/mol.